The molecule has 0 saturated carbocycles. The zero-order chi connectivity index (χ0) is 20.0. The molecule has 1 atom stereocenters. The van der Waals surface area contributed by atoms with Crippen molar-refractivity contribution >= 4 is 17.6 Å². The van der Waals surface area contributed by atoms with Crippen molar-refractivity contribution in [3.8, 4) is 0 Å². The molecule has 0 aliphatic rings. The molecule has 0 aromatic carbocycles. The molecule has 0 saturated heterocycles. The maximum absolute atomic E-state index is 11.9. The lowest BCUT2D eigenvalue weighted by Crippen LogP contribution is -2.19. The second-order valence-corrected chi connectivity index (χ2v) is 8.42. The average Bonchev–Trinajstić information content (AvgIpc) is 2.67. The minimum absolute atomic E-state index is 0.0563. The molecule has 0 aromatic heterocycles. The number of unbranched alkanes of at least 4 members (excludes halogenated alkanes) is 15. The topological polar surface area (TPSA) is 26.3 Å². The first-order chi connectivity index (χ1) is 13.2. The number of carbonyl (C=O) groups is 1. The Labute approximate surface area is 175 Å². The van der Waals surface area contributed by atoms with Crippen molar-refractivity contribution in [1.82, 2.24) is 0 Å². The molecule has 3 heteroatoms. The van der Waals surface area contributed by atoms with E-state index in [0.29, 0.717) is 12.3 Å². The molecule has 0 radical (unpaired) electrons. The molecular formula is C24H47ClO2. The predicted molar refractivity (Wildman–Crippen MR) is 120 cm³/mol. The van der Waals surface area contributed by atoms with Crippen LogP contribution in [-0.2, 0) is 9.53 Å². The van der Waals surface area contributed by atoms with Gasteiger partial charge in [0.1, 0.15) is 6.10 Å². The second kappa shape index (κ2) is 22.1. The van der Waals surface area contributed by atoms with Crippen molar-refractivity contribution in [3.05, 3.63) is 0 Å². The van der Waals surface area contributed by atoms with Crippen LogP contribution in [0.1, 0.15) is 136 Å². The van der Waals surface area contributed by atoms with Crippen molar-refractivity contribution in [2.24, 2.45) is 0 Å². The molecule has 162 valence electrons. The molecule has 0 aliphatic heterocycles. The molecule has 0 aliphatic carbocycles. The molecule has 0 bridgehead atoms. The van der Waals surface area contributed by atoms with Gasteiger partial charge in [-0.2, -0.15) is 0 Å². The van der Waals surface area contributed by atoms with Crippen LogP contribution >= 0.6 is 11.6 Å². The molecule has 27 heavy (non-hydrogen) atoms. The summed E-state index contributed by atoms with van der Waals surface area (Å²) in [6, 6.07) is 0. The van der Waals surface area contributed by atoms with E-state index in [4.69, 9.17) is 16.3 Å². The van der Waals surface area contributed by atoms with Crippen LogP contribution in [0.25, 0.3) is 0 Å². The zero-order valence-electron chi connectivity index (χ0n) is 18.4. The summed E-state index contributed by atoms with van der Waals surface area (Å²) in [5, 5.41) is 0. The van der Waals surface area contributed by atoms with Crippen molar-refractivity contribution in [1.29, 1.82) is 0 Å². The van der Waals surface area contributed by atoms with E-state index in [1.165, 1.54) is 89.9 Å². The summed E-state index contributed by atoms with van der Waals surface area (Å²) in [5.41, 5.74) is 0. The number of hydrogen-bond acceptors (Lipinski definition) is 2. The number of hydrogen-bond donors (Lipinski definition) is 0. The first-order valence-corrected chi connectivity index (χ1v) is 12.5. The molecule has 0 spiro atoms. The molecule has 0 heterocycles. The van der Waals surface area contributed by atoms with Gasteiger partial charge in [-0.15, -0.1) is 11.6 Å². The van der Waals surface area contributed by atoms with Gasteiger partial charge in [0, 0.05) is 6.42 Å². The van der Waals surface area contributed by atoms with Gasteiger partial charge in [0.15, 0.2) is 0 Å². The van der Waals surface area contributed by atoms with E-state index in [-0.39, 0.29) is 12.1 Å². The van der Waals surface area contributed by atoms with Crippen molar-refractivity contribution in [2.45, 2.75) is 142 Å². The average molecular weight is 403 g/mol. The van der Waals surface area contributed by atoms with Crippen LogP contribution in [0.4, 0.5) is 0 Å². The molecule has 0 aromatic rings. The SMILES string of the molecule is CCCCCCCCCCCCCCCC(=O)OC(CCl)CCCCCC. The monoisotopic (exact) mass is 402 g/mol. The molecule has 0 rings (SSSR count). The Morgan fingerprint density at radius 3 is 1.52 bits per heavy atom. The Morgan fingerprint density at radius 1 is 0.667 bits per heavy atom. The third-order valence-electron chi connectivity index (χ3n) is 5.33. The summed E-state index contributed by atoms with van der Waals surface area (Å²) in [4.78, 5) is 11.9. The fourth-order valence-electron chi connectivity index (χ4n) is 3.50. The van der Waals surface area contributed by atoms with E-state index < -0.39 is 0 Å². The standard InChI is InChI=1S/C24H47ClO2/c1-3-5-7-9-10-11-12-13-14-15-16-17-19-21-24(26)27-23(22-25)20-18-8-6-4-2/h23H,3-22H2,1-2H3. The van der Waals surface area contributed by atoms with Crippen LogP contribution < -0.4 is 0 Å². The molecule has 0 amide bonds. The lowest BCUT2D eigenvalue weighted by Gasteiger charge is -2.15. The number of esters is 1. The number of carbonyl (C=O) groups excluding carboxylic acids is 1. The molecule has 2 nitrogen and oxygen atoms in total. The summed E-state index contributed by atoms with van der Waals surface area (Å²) in [7, 11) is 0. The zero-order valence-corrected chi connectivity index (χ0v) is 19.2. The number of alkyl halides is 1. The third-order valence-corrected chi connectivity index (χ3v) is 5.68. The Bertz CT molecular complexity index is 307. The molecule has 0 N–H and O–H groups in total. The maximum Gasteiger partial charge on any atom is 0.306 e. The van der Waals surface area contributed by atoms with Gasteiger partial charge in [-0.1, -0.05) is 110 Å². The highest BCUT2D eigenvalue weighted by molar-refractivity contribution is 6.18. The highest BCUT2D eigenvalue weighted by Gasteiger charge is 2.12. The van der Waals surface area contributed by atoms with Crippen molar-refractivity contribution in [3.63, 3.8) is 0 Å². The van der Waals surface area contributed by atoms with E-state index >= 15 is 0 Å². The number of ether oxygens (including phenoxy) is 1. The Kier molecular flexibility index (Phi) is 21.9. The van der Waals surface area contributed by atoms with Gasteiger partial charge in [-0.25, -0.2) is 0 Å². The van der Waals surface area contributed by atoms with E-state index in [9.17, 15) is 4.79 Å². The van der Waals surface area contributed by atoms with E-state index in [1.807, 2.05) is 0 Å². The predicted octanol–water partition coefficient (Wildman–Crippen LogP) is 8.59. The fourth-order valence-corrected chi connectivity index (χ4v) is 3.72. The van der Waals surface area contributed by atoms with Gasteiger partial charge < -0.3 is 4.74 Å². The van der Waals surface area contributed by atoms with Crippen molar-refractivity contribution < 1.29 is 9.53 Å². The van der Waals surface area contributed by atoms with E-state index in [1.54, 1.807) is 0 Å². The summed E-state index contributed by atoms with van der Waals surface area (Å²) in [6.07, 6.45) is 23.4. The lowest BCUT2D eigenvalue weighted by atomic mass is 10.0. The normalized spacial score (nSPS) is 12.3. The first-order valence-electron chi connectivity index (χ1n) is 12.0. The van der Waals surface area contributed by atoms with Crippen molar-refractivity contribution in [2.75, 3.05) is 5.88 Å². The Hall–Kier alpha value is -0.240. The lowest BCUT2D eigenvalue weighted by molar-refractivity contribution is -0.148. The summed E-state index contributed by atoms with van der Waals surface area (Å²) in [5.74, 6) is 0.371. The third kappa shape index (κ3) is 20.3. The maximum atomic E-state index is 11.9. The van der Waals surface area contributed by atoms with E-state index in [2.05, 4.69) is 13.8 Å². The van der Waals surface area contributed by atoms with Gasteiger partial charge in [-0.3, -0.25) is 4.79 Å². The van der Waals surface area contributed by atoms with E-state index in [0.717, 1.165) is 25.7 Å². The van der Waals surface area contributed by atoms with Crippen LogP contribution in [0.5, 0.6) is 0 Å². The molecule has 1 unspecified atom stereocenters. The van der Waals surface area contributed by atoms with Crippen LogP contribution in [0, 0.1) is 0 Å². The van der Waals surface area contributed by atoms with Gasteiger partial charge in [0.2, 0.25) is 0 Å². The van der Waals surface area contributed by atoms with Gasteiger partial charge >= 0.3 is 5.97 Å². The number of halogens is 1. The first kappa shape index (κ1) is 26.8. The van der Waals surface area contributed by atoms with Crippen LogP contribution in [0.15, 0.2) is 0 Å². The second-order valence-electron chi connectivity index (χ2n) is 8.11. The van der Waals surface area contributed by atoms with Gasteiger partial charge in [-0.05, 0) is 19.3 Å². The quantitative estimate of drug-likeness (QED) is 0.109. The minimum atomic E-state index is -0.0852. The molecule has 0 fully saturated rings. The minimum Gasteiger partial charge on any atom is -0.461 e. The summed E-state index contributed by atoms with van der Waals surface area (Å²) < 4.78 is 5.52. The Balaban J connectivity index is 3.37. The summed E-state index contributed by atoms with van der Waals surface area (Å²) >= 11 is 5.93. The Morgan fingerprint density at radius 2 is 1.07 bits per heavy atom. The largest absolute Gasteiger partial charge is 0.461 e. The highest BCUT2D eigenvalue weighted by Crippen LogP contribution is 2.14. The van der Waals surface area contributed by atoms with Crippen LogP contribution in [0.2, 0.25) is 0 Å². The van der Waals surface area contributed by atoms with Gasteiger partial charge in [0.05, 0.1) is 5.88 Å². The smallest absolute Gasteiger partial charge is 0.306 e. The van der Waals surface area contributed by atoms with Crippen LogP contribution in [0.3, 0.4) is 0 Å². The molecular weight excluding hydrogens is 356 g/mol. The number of rotatable bonds is 21. The highest BCUT2D eigenvalue weighted by atomic mass is 35.5. The van der Waals surface area contributed by atoms with Crippen LogP contribution in [-0.4, -0.2) is 18.0 Å². The van der Waals surface area contributed by atoms with Gasteiger partial charge in [0.25, 0.3) is 0 Å². The summed E-state index contributed by atoms with van der Waals surface area (Å²) in [6.45, 7) is 4.48. The fraction of sp³-hybridized carbons (Fsp3) is 0.958.